The number of nitrogens with zero attached hydrogens (tertiary/aromatic N) is 1. The van der Waals surface area contributed by atoms with E-state index in [1.54, 1.807) is 7.11 Å². The Labute approximate surface area is 210 Å². The highest BCUT2D eigenvalue weighted by molar-refractivity contribution is 6.80. The number of hydrogen-bond acceptors (Lipinski definition) is 4. The first-order chi connectivity index (χ1) is 16.7. The van der Waals surface area contributed by atoms with Crippen molar-refractivity contribution in [1.82, 2.24) is 0 Å². The minimum Gasteiger partial charge on any atom is -0.497 e. The van der Waals surface area contributed by atoms with Gasteiger partial charge in [-0.15, -0.1) is 0 Å². The van der Waals surface area contributed by atoms with Crippen LogP contribution in [0.3, 0.4) is 0 Å². The molecule has 0 aliphatic carbocycles. The minimum atomic E-state index is -1.99. The van der Waals surface area contributed by atoms with Gasteiger partial charge < -0.3 is 19.8 Å². The average Bonchev–Trinajstić information content (AvgIpc) is 2.87. The third kappa shape index (κ3) is 5.20. The van der Waals surface area contributed by atoms with E-state index in [4.69, 9.17) is 14.9 Å². The van der Waals surface area contributed by atoms with Gasteiger partial charge >= 0.3 is 0 Å². The second kappa shape index (κ2) is 10.4. The van der Waals surface area contributed by atoms with Crippen LogP contribution >= 0.6 is 0 Å². The monoisotopic (exact) mass is 488 g/mol. The lowest BCUT2D eigenvalue weighted by Crippen LogP contribution is -2.73. The quantitative estimate of drug-likeness (QED) is 0.390. The molecule has 0 saturated carbocycles. The fourth-order valence-electron chi connectivity index (χ4n) is 5.18. The summed E-state index contributed by atoms with van der Waals surface area (Å²) in [5, 5.41) is 2.47. The molecule has 4 atom stereocenters. The third-order valence-corrected chi connectivity index (χ3v) is 9.44. The average molecular weight is 489 g/mol. The van der Waals surface area contributed by atoms with Crippen molar-refractivity contribution in [3.63, 3.8) is 0 Å². The van der Waals surface area contributed by atoms with Gasteiger partial charge in [0, 0.05) is 11.6 Å². The first-order valence-corrected chi connectivity index (χ1v) is 13.8. The van der Waals surface area contributed by atoms with Crippen molar-refractivity contribution >= 4 is 31.0 Å². The van der Waals surface area contributed by atoms with Crippen LogP contribution < -0.4 is 25.7 Å². The van der Waals surface area contributed by atoms with Gasteiger partial charge in [0.15, 0.2) is 0 Å². The summed E-state index contributed by atoms with van der Waals surface area (Å²) < 4.78 is 12.4. The van der Waals surface area contributed by atoms with Crippen LogP contribution in [-0.4, -0.2) is 40.2 Å². The molecule has 1 aliphatic rings. The van der Waals surface area contributed by atoms with Gasteiger partial charge in [-0.1, -0.05) is 88.4 Å². The second-order valence-corrected chi connectivity index (χ2v) is 12.8. The minimum absolute atomic E-state index is 0.0206. The van der Waals surface area contributed by atoms with Crippen LogP contribution in [0, 0.1) is 11.3 Å². The molecular formula is C29H36N2O3Si. The van der Waals surface area contributed by atoms with Crippen molar-refractivity contribution in [3.05, 3.63) is 84.9 Å². The first kappa shape index (κ1) is 25.2. The maximum Gasteiger partial charge on any atom is 0.246 e. The van der Waals surface area contributed by atoms with E-state index in [1.165, 1.54) is 10.4 Å². The Morgan fingerprint density at radius 1 is 0.886 bits per heavy atom. The van der Waals surface area contributed by atoms with Gasteiger partial charge in [0.2, 0.25) is 14.9 Å². The lowest BCUT2D eigenvalue weighted by Gasteiger charge is -2.52. The van der Waals surface area contributed by atoms with E-state index in [9.17, 15) is 4.79 Å². The molecule has 1 heterocycles. The molecule has 2 N–H and O–H groups in total. The van der Waals surface area contributed by atoms with Gasteiger partial charge in [-0.25, -0.2) is 0 Å². The normalized spacial score (nSPS) is 19.9. The number of rotatable bonds is 8. The number of carbonyl (C=O) groups is 1. The molecule has 1 amide bonds. The lowest BCUT2D eigenvalue weighted by molar-refractivity contribution is -0.128. The maximum absolute atomic E-state index is 12.9. The van der Waals surface area contributed by atoms with Crippen LogP contribution in [-0.2, 0) is 9.22 Å². The van der Waals surface area contributed by atoms with Gasteiger partial charge in [-0.3, -0.25) is 4.79 Å². The summed E-state index contributed by atoms with van der Waals surface area (Å²) in [4.78, 5) is 14.7. The lowest BCUT2D eigenvalue weighted by atomic mass is 9.74. The molecule has 0 bridgehead atoms. The van der Waals surface area contributed by atoms with E-state index in [-0.39, 0.29) is 29.4 Å². The van der Waals surface area contributed by atoms with Crippen molar-refractivity contribution in [3.8, 4) is 5.75 Å². The molecule has 1 unspecified atom stereocenters. The van der Waals surface area contributed by atoms with Crippen LogP contribution in [0.4, 0.5) is 5.69 Å². The molecule has 0 spiro atoms. The predicted octanol–water partition coefficient (Wildman–Crippen LogP) is 3.34. The SMILES string of the molecule is COc1ccc(N2C(=O)[C@H](N)[C@H]2[C@@H](C)C(O[SiH](c2ccccc2)c2ccccc2)C(C)(C)C)cc1. The molecule has 3 aromatic carbocycles. The Kier molecular flexibility index (Phi) is 7.45. The summed E-state index contributed by atoms with van der Waals surface area (Å²) >= 11 is 0. The highest BCUT2D eigenvalue weighted by Crippen LogP contribution is 2.39. The topological polar surface area (TPSA) is 64.8 Å². The molecule has 35 heavy (non-hydrogen) atoms. The molecule has 1 aliphatic heterocycles. The van der Waals surface area contributed by atoms with Crippen molar-refractivity contribution in [2.24, 2.45) is 17.1 Å². The number of amides is 1. The van der Waals surface area contributed by atoms with Gasteiger partial charge in [0.25, 0.3) is 0 Å². The Morgan fingerprint density at radius 2 is 1.40 bits per heavy atom. The number of benzene rings is 3. The molecule has 3 aromatic rings. The molecule has 6 heteroatoms. The summed E-state index contributed by atoms with van der Waals surface area (Å²) in [6, 6.07) is 27.9. The summed E-state index contributed by atoms with van der Waals surface area (Å²) in [5.41, 5.74) is 7.11. The zero-order valence-electron chi connectivity index (χ0n) is 21.2. The summed E-state index contributed by atoms with van der Waals surface area (Å²) in [5.74, 6) is 0.720. The van der Waals surface area contributed by atoms with E-state index in [0.717, 1.165) is 11.4 Å². The van der Waals surface area contributed by atoms with E-state index >= 15 is 0 Å². The first-order valence-electron chi connectivity index (χ1n) is 12.2. The summed E-state index contributed by atoms with van der Waals surface area (Å²) in [7, 11) is -0.360. The Balaban J connectivity index is 1.67. The highest BCUT2D eigenvalue weighted by atomic mass is 28.3. The number of nitrogens with two attached hydrogens (primary N) is 1. The van der Waals surface area contributed by atoms with Gasteiger partial charge in [-0.2, -0.15) is 0 Å². The van der Waals surface area contributed by atoms with Gasteiger partial charge in [-0.05, 0) is 40.1 Å². The molecule has 1 saturated heterocycles. The van der Waals surface area contributed by atoms with Gasteiger partial charge in [0.05, 0.1) is 19.3 Å². The zero-order valence-corrected chi connectivity index (χ0v) is 22.4. The molecule has 0 aromatic heterocycles. The van der Waals surface area contributed by atoms with Crippen LogP contribution in [0.2, 0.25) is 0 Å². The largest absolute Gasteiger partial charge is 0.497 e. The fraction of sp³-hybridized carbons (Fsp3) is 0.345. The Morgan fingerprint density at radius 3 is 1.86 bits per heavy atom. The van der Waals surface area contributed by atoms with Crippen LogP contribution in [0.5, 0.6) is 5.75 Å². The van der Waals surface area contributed by atoms with Crippen molar-refractivity contribution in [2.75, 3.05) is 12.0 Å². The van der Waals surface area contributed by atoms with Gasteiger partial charge in [0.1, 0.15) is 11.8 Å². The summed E-state index contributed by atoms with van der Waals surface area (Å²) in [6.45, 7) is 8.79. The smallest absolute Gasteiger partial charge is 0.246 e. The molecule has 0 radical (unpaired) electrons. The van der Waals surface area contributed by atoms with Crippen molar-refractivity contribution < 1.29 is 14.0 Å². The van der Waals surface area contributed by atoms with Crippen LogP contribution in [0.25, 0.3) is 0 Å². The molecule has 4 rings (SSSR count). The van der Waals surface area contributed by atoms with E-state index in [1.807, 2.05) is 41.3 Å². The van der Waals surface area contributed by atoms with Crippen LogP contribution in [0.1, 0.15) is 27.7 Å². The zero-order chi connectivity index (χ0) is 25.2. The second-order valence-electron chi connectivity index (χ2n) is 10.4. The Bertz CT molecular complexity index is 1080. The maximum atomic E-state index is 12.9. The predicted molar refractivity (Wildman–Crippen MR) is 145 cm³/mol. The number of carbonyl (C=O) groups excluding carboxylic acids is 1. The number of ether oxygens (including phenoxy) is 1. The standard InChI is InChI=1S/C29H36N2O3Si/c1-20(26-25(30)28(32)31(26)21-16-18-22(33-5)19-17-21)27(29(2,3)4)34-35(23-12-8-6-9-13-23)24-14-10-7-11-15-24/h6-20,25-27,35H,30H2,1-5H3/t20-,25-,26-,27?/m1/s1. The molecule has 5 nitrogen and oxygen atoms in total. The number of anilines is 1. The van der Waals surface area contributed by atoms with E-state index in [2.05, 4.69) is 76.2 Å². The third-order valence-electron chi connectivity index (χ3n) is 6.90. The van der Waals surface area contributed by atoms with Crippen molar-refractivity contribution in [2.45, 2.75) is 45.9 Å². The molecule has 184 valence electrons. The molecule has 1 fully saturated rings. The number of hydrogen-bond donors (Lipinski definition) is 1. The highest BCUT2D eigenvalue weighted by Gasteiger charge is 2.52. The number of β-lactam (4-membered cyclic amide) rings is 1. The summed E-state index contributed by atoms with van der Waals surface area (Å²) in [6.07, 6.45) is -0.107. The Hall–Kier alpha value is -2.93. The fourth-order valence-corrected chi connectivity index (χ4v) is 7.98. The van der Waals surface area contributed by atoms with Crippen LogP contribution in [0.15, 0.2) is 84.9 Å². The number of methoxy groups -OCH3 is 1. The van der Waals surface area contributed by atoms with Crippen molar-refractivity contribution in [1.29, 1.82) is 0 Å². The van der Waals surface area contributed by atoms with E-state index in [0.29, 0.717) is 0 Å². The molecular weight excluding hydrogens is 452 g/mol. The van der Waals surface area contributed by atoms with E-state index < -0.39 is 15.1 Å².